The van der Waals surface area contributed by atoms with Crippen LogP contribution in [0.3, 0.4) is 0 Å². The highest BCUT2D eigenvalue weighted by atomic mass is 16.1. The fourth-order valence-electron chi connectivity index (χ4n) is 2.56. The van der Waals surface area contributed by atoms with Crippen LogP contribution in [0.25, 0.3) is 10.9 Å². The third kappa shape index (κ3) is 2.52. The number of carbonyl (C=O) groups excluding carboxylic acids is 1. The van der Waals surface area contributed by atoms with Gasteiger partial charge in [-0.1, -0.05) is 18.2 Å². The van der Waals surface area contributed by atoms with Crippen molar-refractivity contribution in [1.29, 1.82) is 0 Å². The Bertz CT molecular complexity index is 790. The molecule has 1 amide bonds. The summed E-state index contributed by atoms with van der Waals surface area (Å²) >= 11 is 0. The van der Waals surface area contributed by atoms with Crippen molar-refractivity contribution in [2.24, 2.45) is 0 Å². The lowest BCUT2D eigenvalue weighted by atomic mass is 10.1. The summed E-state index contributed by atoms with van der Waals surface area (Å²) in [6, 6.07) is 9.79. The van der Waals surface area contributed by atoms with Gasteiger partial charge in [-0.05, 0) is 37.1 Å². The fraction of sp³-hybridized carbons (Fsp3) is 0.176. The van der Waals surface area contributed by atoms with Crippen LogP contribution in [-0.2, 0) is 6.54 Å². The summed E-state index contributed by atoms with van der Waals surface area (Å²) in [7, 11) is 0. The smallest absolute Gasteiger partial charge is 0.253 e. The summed E-state index contributed by atoms with van der Waals surface area (Å²) in [5.41, 5.74) is 4.83. The van der Waals surface area contributed by atoms with Gasteiger partial charge in [-0.15, -0.1) is 0 Å². The first kappa shape index (κ1) is 13.4. The second-order valence-corrected chi connectivity index (χ2v) is 5.16. The number of hydrogen-bond acceptors (Lipinski definition) is 2. The number of aromatic amines is 1. The summed E-state index contributed by atoms with van der Waals surface area (Å²) in [4.78, 5) is 19.8. The van der Waals surface area contributed by atoms with Crippen LogP contribution in [0.1, 0.15) is 27.2 Å². The number of rotatable bonds is 3. The van der Waals surface area contributed by atoms with Gasteiger partial charge in [0, 0.05) is 35.5 Å². The molecular formula is C17H17N3O. The molecule has 0 saturated heterocycles. The van der Waals surface area contributed by atoms with E-state index >= 15 is 0 Å². The van der Waals surface area contributed by atoms with Crippen molar-refractivity contribution < 1.29 is 4.79 Å². The van der Waals surface area contributed by atoms with E-state index in [0.717, 1.165) is 33.3 Å². The number of fused-ring (bicyclic) bond motifs is 1. The SMILES string of the molecule is Cc1[nH]c2c(C)cccc2c1C(=O)NCc1ccncc1. The summed E-state index contributed by atoms with van der Waals surface area (Å²) in [6.45, 7) is 4.47. The number of para-hydroxylation sites is 1. The molecule has 0 bridgehead atoms. The van der Waals surface area contributed by atoms with Crippen molar-refractivity contribution in [1.82, 2.24) is 15.3 Å². The molecule has 2 N–H and O–H groups in total. The first-order valence-corrected chi connectivity index (χ1v) is 6.92. The summed E-state index contributed by atoms with van der Waals surface area (Å²) in [5.74, 6) is -0.0545. The van der Waals surface area contributed by atoms with E-state index < -0.39 is 0 Å². The standard InChI is InChI=1S/C17H17N3O/c1-11-4-3-5-14-15(12(2)20-16(11)14)17(21)19-10-13-6-8-18-9-7-13/h3-9,20H,10H2,1-2H3,(H,19,21). The van der Waals surface area contributed by atoms with Gasteiger partial charge in [0.2, 0.25) is 0 Å². The van der Waals surface area contributed by atoms with Crippen molar-refractivity contribution in [2.75, 3.05) is 0 Å². The third-order valence-corrected chi connectivity index (χ3v) is 3.66. The Morgan fingerprint density at radius 2 is 1.95 bits per heavy atom. The van der Waals surface area contributed by atoms with Crippen molar-refractivity contribution in [3.8, 4) is 0 Å². The topological polar surface area (TPSA) is 57.8 Å². The van der Waals surface area contributed by atoms with Crippen LogP contribution in [0.4, 0.5) is 0 Å². The zero-order chi connectivity index (χ0) is 14.8. The first-order valence-electron chi connectivity index (χ1n) is 6.92. The molecule has 0 unspecified atom stereocenters. The quantitative estimate of drug-likeness (QED) is 0.774. The Morgan fingerprint density at radius 1 is 1.19 bits per heavy atom. The number of pyridine rings is 1. The molecule has 1 aromatic carbocycles. The normalized spacial score (nSPS) is 10.8. The van der Waals surface area contributed by atoms with Gasteiger partial charge in [0.25, 0.3) is 5.91 Å². The molecule has 0 aliphatic rings. The number of aryl methyl sites for hydroxylation is 2. The van der Waals surface area contributed by atoms with Gasteiger partial charge in [0.05, 0.1) is 5.56 Å². The van der Waals surface area contributed by atoms with Gasteiger partial charge in [0.15, 0.2) is 0 Å². The van der Waals surface area contributed by atoms with Crippen molar-refractivity contribution in [3.63, 3.8) is 0 Å². The molecule has 3 rings (SSSR count). The molecular weight excluding hydrogens is 262 g/mol. The van der Waals surface area contributed by atoms with Crippen molar-refractivity contribution >= 4 is 16.8 Å². The van der Waals surface area contributed by atoms with Crippen LogP contribution in [0.15, 0.2) is 42.7 Å². The molecule has 3 aromatic rings. The van der Waals surface area contributed by atoms with Gasteiger partial charge < -0.3 is 10.3 Å². The van der Waals surface area contributed by atoms with Gasteiger partial charge >= 0.3 is 0 Å². The van der Waals surface area contributed by atoms with Gasteiger partial charge in [-0.25, -0.2) is 0 Å². The lowest BCUT2D eigenvalue weighted by Gasteiger charge is -2.05. The molecule has 0 radical (unpaired) electrons. The number of H-pyrrole nitrogens is 1. The molecule has 21 heavy (non-hydrogen) atoms. The zero-order valence-corrected chi connectivity index (χ0v) is 12.1. The predicted octanol–water partition coefficient (Wildman–Crippen LogP) is 3.11. The zero-order valence-electron chi connectivity index (χ0n) is 12.1. The molecule has 0 spiro atoms. The highest BCUT2D eigenvalue weighted by Gasteiger charge is 2.16. The second kappa shape index (κ2) is 5.40. The van der Waals surface area contributed by atoms with Crippen molar-refractivity contribution in [3.05, 3.63) is 65.1 Å². The minimum absolute atomic E-state index is 0.0545. The molecule has 0 saturated carbocycles. The Hall–Kier alpha value is -2.62. The summed E-state index contributed by atoms with van der Waals surface area (Å²) in [5, 5.41) is 3.94. The maximum atomic E-state index is 12.5. The second-order valence-electron chi connectivity index (χ2n) is 5.16. The Balaban J connectivity index is 1.88. The number of amides is 1. The lowest BCUT2D eigenvalue weighted by Crippen LogP contribution is -2.23. The minimum atomic E-state index is -0.0545. The summed E-state index contributed by atoms with van der Waals surface area (Å²) < 4.78 is 0. The molecule has 2 heterocycles. The Kier molecular flexibility index (Phi) is 3.44. The average Bonchev–Trinajstić information content (AvgIpc) is 2.84. The van der Waals surface area contributed by atoms with Crippen molar-refractivity contribution in [2.45, 2.75) is 20.4 Å². The number of hydrogen-bond donors (Lipinski definition) is 2. The van der Waals surface area contributed by atoms with Crippen LogP contribution >= 0.6 is 0 Å². The number of nitrogens with zero attached hydrogens (tertiary/aromatic N) is 1. The minimum Gasteiger partial charge on any atom is -0.358 e. The van der Waals surface area contributed by atoms with E-state index in [9.17, 15) is 4.79 Å². The average molecular weight is 279 g/mol. The molecule has 106 valence electrons. The first-order chi connectivity index (χ1) is 10.2. The van der Waals surface area contributed by atoms with E-state index in [0.29, 0.717) is 6.54 Å². The van der Waals surface area contributed by atoms with E-state index in [1.165, 1.54) is 0 Å². The highest BCUT2D eigenvalue weighted by molar-refractivity contribution is 6.08. The number of carbonyl (C=O) groups is 1. The van der Waals surface area contributed by atoms with Crippen LogP contribution in [0, 0.1) is 13.8 Å². The third-order valence-electron chi connectivity index (χ3n) is 3.66. The van der Waals surface area contributed by atoms with Gasteiger partial charge in [-0.2, -0.15) is 0 Å². The molecule has 2 aromatic heterocycles. The molecule has 0 aliphatic carbocycles. The van der Waals surface area contributed by atoms with Crippen LogP contribution < -0.4 is 5.32 Å². The predicted molar refractivity (Wildman–Crippen MR) is 83.2 cm³/mol. The molecule has 0 atom stereocenters. The molecule has 4 heteroatoms. The molecule has 0 fully saturated rings. The number of benzene rings is 1. The highest BCUT2D eigenvalue weighted by Crippen LogP contribution is 2.24. The van der Waals surface area contributed by atoms with E-state index in [4.69, 9.17) is 0 Å². The lowest BCUT2D eigenvalue weighted by molar-refractivity contribution is 0.0952. The Morgan fingerprint density at radius 3 is 2.71 bits per heavy atom. The van der Waals surface area contributed by atoms with E-state index in [-0.39, 0.29) is 5.91 Å². The number of aromatic nitrogens is 2. The van der Waals surface area contributed by atoms with E-state index in [1.807, 2.05) is 44.2 Å². The summed E-state index contributed by atoms with van der Waals surface area (Å²) in [6.07, 6.45) is 3.45. The monoisotopic (exact) mass is 279 g/mol. The largest absolute Gasteiger partial charge is 0.358 e. The van der Waals surface area contributed by atoms with E-state index in [2.05, 4.69) is 15.3 Å². The molecule has 0 aliphatic heterocycles. The Labute approximate surface area is 123 Å². The number of nitrogens with one attached hydrogen (secondary N) is 2. The maximum absolute atomic E-state index is 12.5. The van der Waals surface area contributed by atoms with Crippen LogP contribution in [0.2, 0.25) is 0 Å². The van der Waals surface area contributed by atoms with Crippen LogP contribution in [0.5, 0.6) is 0 Å². The van der Waals surface area contributed by atoms with Crippen LogP contribution in [-0.4, -0.2) is 15.9 Å². The maximum Gasteiger partial charge on any atom is 0.253 e. The van der Waals surface area contributed by atoms with E-state index in [1.54, 1.807) is 12.4 Å². The van der Waals surface area contributed by atoms with Gasteiger partial charge in [-0.3, -0.25) is 9.78 Å². The fourth-order valence-corrected chi connectivity index (χ4v) is 2.56. The van der Waals surface area contributed by atoms with Gasteiger partial charge in [0.1, 0.15) is 0 Å². The molecule has 4 nitrogen and oxygen atoms in total.